The number of carboxylic acids is 1. The van der Waals surface area contributed by atoms with Crippen LogP contribution in [-0.4, -0.2) is 104 Å². The van der Waals surface area contributed by atoms with Crippen molar-refractivity contribution in [1.82, 2.24) is 36.9 Å². The maximum absolute atomic E-state index is 14.9. The lowest BCUT2D eigenvalue weighted by molar-refractivity contribution is -0.142. The van der Waals surface area contributed by atoms with Crippen LogP contribution in [0.25, 0.3) is 10.9 Å². The summed E-state index contributed by atoms with van der Waals surface area (Å²) in [7, 11) is 0. The summed E-state index contributed by atoms with van der Waals surface area (Å²) in [6.07, 6.45) is 1.48. The number of phenolic OH excluding ortho intramolecular Hbond substituents is 2. The number of aliphatic carboxylic acids is 1. The molecule has 8 rings (SSSR count). The second kappa shape index (κ2) is 26.0. The van der Waals surface area contributed by atoms with Crippen molar-refractivity contribution in [2.24, 2.45) is 5.73 Å². The van der Waals surface area contributed by atoms with E-state index in [0.29, 0.717) is 35.1 Å². The van der Waals surface area contributed by atoms with Crippen LogP contribution in [0.5, 0.6) is 11.5 Å². The number of aromatic amines is 1. The number of carboxylic acid groups (broad SMARTS) is 1. The van der Waals surface area contributed by atoms with Crippen molar-refractivity contribution in [3.05, 3.63) is 202 Å². The average Bonchev–Trinajstić information content (AvgIpc) is 3.86. The fourth-order valence-electron chi connectivity index (χ4n) is 10.1. The van der Waals surface area contributed by atoms with Crippen LogP contribution in [-0.2, 0) is 76.9 Å². The molecule has 6 unspecified atom stereocenters. The van der Waals surface area contributed by atoms with Crippen molar-refractivity contribution in [1.29, 1.82) is 0 Å². The quantitative estimate of drug-likeness (QED) is 0.0439. The number of benzene rings is 6. The molecule has 0 saturated heterocycles. The van der Waals surface area contributed by atoms with E-state index in [1.54, 1.807) is 48.7 Å². The predicted octanol–water partition coefficient (Wildman–Crippen LogP) is 3.67. The van der Waals surface area contributed by atoms with Crippen molar-refractivity contribution < 1.29 is 53.7 Å². The summed E-state index contributed by atoms with van der Waals surface area (Å²) in [5, 5.41) is 47.4. The van der Waals surface area contributed by atoms with E-state index < -0.39 is 95.9 Å². The van der Waals surface area contributed by atoms with Crippen LogP contribution in [0.15, 0.2) is 158 Å². The first kappa shape index (κ1) is 56.4. The van der Waals surface area contributed by atoms with E-state index in [2.05, 4.69) is 36.9 Å². The van der Waals surface area contributed by atoms with Gasteiger partial charge >= 0.3 is 5.97 Å². The Morgan fingerprint density at radius 2 is 0.925 bits per heavy atom. The molecule has 6 atom stereocenters. The molecule has 7 amide bonds. The molecular weight excluding hydrogens is 1020 g/mol. The number of aryl methyl sites for hydroxylation is 2. The molecule has 0 saturated carbocycles. The van der Waals surface area contributed by atoms with Crippen LogP contribution in [0.4, 0.5) is 0 Å². The molecule has 1 aliphatic rings. The molecule has 0 aliphatic heterocycles. The molecule has 1 heterocycles. The number of amides is 7. The Bertz CT molecular complexity index is 3340. The summed E-state index contributed by atoms with van der Waals surface area (Å²) in [5.41, 5.74) is 12.1. The highest BCUT2D eigenvalue weighted by molar-refractivity contribution is 5.99. The van der Waals surface area contributed by atoms with E-state index in [4.69, 9.17) is 5.73 Å². The molecule has 19 heteroatoms. The number of carbonyl (C=O) groups excluding carboxylic acids is 7. The van der Waals surface area contributed by atoms with E-state index in [1.165, 1.54) is 55.5 Å². The Hall–Kier alpha value is -9.78. The first-order valence-electron chi connectivity index (χ1n) is 26.1. The fourth-order valence-corrected chi connectivity index (χ4v) is 10.1. The summed E-state index contributed by atoms with van der Waals surface area (Å²) in [4.78, 5) is 115. The number of nitrogens with two attached hydrogens (primary N) is 1. The molecule has 6 aromatic carbocycles. The molecule has 0 radical (unpaired) electrons. The maximum atomic E-state index is 14.9. The number of hydrogen-bond acceptors (Lipinski definition) is 10. The highest BCUT2D eigenvalue weighted by Gasteiger charge is 2.39. The number of aromatic nitrogens is 1. The van der Waals surface area contributed by atoms with Crippen LogP contribution in [0.2, 0.25) is 0 Å². The van der Waals surface area contributed by atoms with Crippen LogP contribution < -0.4 is 37.6 Å². The Kier molecular flexibility index (Phi) is 18.4. The van der Waals surface area contributed by atoms with Gasteiger partial charge in [0.25, 0.3) is 0 Å². The standard InChI is InChI=1S/C61H62N8O11/c1-35(70)64-55(54-45-16-7-5-13-39(45)23-24-40-14-6-8-17-46(40)54)60(78)68-50(29-36-11-3-2-4-12-36)57(75)67-51(33-53(62)73)59(77)66-48(30-37-19-25-42(71)26-20-37)56(74)65-49(31-38-21-27-43(72)28-22-38)58(76)69-52(61(79)80)32-41-34-63-47-18-10-9-15-44(41)47/h2-22,25-28,34,48-52,54-55,63,71-72H,23-24,29-33H2,1H3,(H2,62,73)(H,64,70)(H,65,74)(H,66,77)(H,67,75)(H,68,78)(H,69,76)(H,79,80). The van der Waals surface area contributed by atoms with Crippen molar-refractivity contribution in [3.63, 3.8) is 0 Å². The van der Waals surface area contributed by atoms with Gasteiger partial charge in [0.05, 0.1) is 6.42 Å². The van der Waals surface area contributed by atoms with Gasteiger partial charge in [0.15, 0.2) is 0 Å². The lowest BCUT2D eigenvalue weighted by atomic mass is 9.82. The Labute approximate surface area is 460 Å². The zero-order valence-electron chi connectivity index (χ0n) is 43.7. The smallest absolute Gasteiger partial charge is 0.326 e. The Morgan fingerprint density at radius 3 is 1.43 bits per heavy atom. The molecular formula is C61H62N8O11. The Balaban J connectivity index is 1.07. The maximum Gasteiger partial charge on any atom is 0.326 e. The highest BCUT2D eigenvalue weighted by Crippen LogP contribution is 2.37. The Morgan fingerprint density at radius 1 is 0.500 bits per heavy atom. The number of H-pyrrole nitrogens is 1. The number of carbonyl (C=O) groups is 8. The minimum absolute atomic E-state index is 0.0761. The van der Waals surface area contributed by atoms with Crippen molar-refractivity contribution in [2.45, 2.75) is 94.0 Å². The van der Waals surface area contributed by atoms with Gasteiger partial charge in [0.2, 0.25) is 41.4 Å². The van der Waals surface area contributed by atoms with Gasteiger partial charge in [-0.2, -0.15) is 0 Å². The summed E-state index contributed by atoms with van der Waals surface area (Å²) >= 11 is 0. The number of aromatic hydroxyl groups is 2. The van der Waals surface area contributed by atoms with Crippen LogP contribution >= 0.6 is 0 Å². The molecule has 12 N–H and O–H groups in total. The first-order chi connectivity index (χ1) is 38.5. The molecule has 0 bridgehead atoms. The second-order valence-corrected chi connectivity index (χ2v) is 19.9. The summed E-state index contributed by atoms with van der Waals surface area (Å²) in [6.45, 7) is 1.29. The van der Waals surface area contributed by atoms with Gasteiger partial charge in [-0.15, -0.1) is 0 Å². The fraction of sp³-hybridized carbons (Fsp3) is 0.246. The van der Waals surface area contributed by atoms with E-state index in [9.17, 15) is 53.7 Å². The number of primary amides is 1. The number of rotatable bonds is 23. The summed E-state index contributed by atoms with van der Waals surface area (Å²) < 4.78 is 0. The molecule has 412 valence electrons. The molecule has 7 aromatic rings. The summed E-state index contributed by atoms with van der Waals surface area (Å²) in [5.74, 6) is -8.27. The predicted molar refractivity (Wildman–Crippen MR) is 297 cm³/mol. The van der Waals surface area contributed by atoms with Gasteiger partial charge in [0.1, 0.15) is 47.8 Å². The molecule has 1 aromatic heterocycles. The molecule has 0 spiro atoms. The van der Waals surface area contributed by atoms with Gasteiger partial charge in [-0.1, -0.05) is 121 Å². The normalized spacial score (nSPS) is 14.2. The van der Waals surface area contributed by atoms with Crippen molar-refractivity contribution in [2.75, 3.05) is 0 Å². The van der Waals surface area contributed by atoms with E-state index in [1.807, 2.05) is 60.7 Å². The largest absolute Gasteiger partial charge is 0.508 e. The van der Waals surface area contributed by atoms with Crippen molar-refractivity contribution in [3.8, 4) is 11.5 Å². The zero-order valence-corrected chi connectivity index (χ0v) is 43.7. The van der Waals surface area contributed by atoms with Crippen LogP contribution in [0, 0.1) is 0 Å². The van der Waals surface area contributed by atoms with Gasteiger partial charge < -0.3 is 57.9 Å². The summed E-state index contributed by atoms with van der Waals surface area (Å²) in [6, 6.07) is 33.8. The first-order valence-corrected chi connectivity index (χ1v) is 26.1. The van der Waals surface area contributed by atoms with Gasteiger partial charge in [0, 0.05) is 55.6 Å². The topological polar surface area (TPSA) is 311 Å². The van der Waals surface area contributed by atoms with Gasteiger partial charge in [-0.05, 0) is 87.7 Å². The number of phenols is 2. The molecule has 1 aliphatic carbocycles. The number of nitrogens with one attached hydrogen (secondary N) is 7. The molecule has 80 heavy (non-hydrogen) atoms. The van der Waals surface area contributed by atoms with E-state index >= 15 is 0 Å². The third-order valence-corrected chi connectivity index (χ3v) is 14.1. The zero-order chi connectivity index (χ0) is 56.9. The van der Waals surface area contributed by atoms with Crippen molar-refractivity contribution >= 4 is 58.2 Å². The molecule has 19 nitrogen and oxygen atoms in total. The number of hydrogen-bond donors (Lipinski definition) is 11. The second-order valence-electron chi connectivity index (χ2n) is 19.9. The lowest BCUT2D eigenvalue weighted by Gasteiger charge is -2.31. The third kappa shape index (κ3) is 14.6. The SMILES string of the molecule is CC(=O)NC(C(=O)NC(Cc1ccccc1)C(=O)NC(CC(N)=O)C(=O)NC(Cc1ccc(O)cc1)C(=O)NC(Cc1ccc(O)cc1)C(=O)NC(Cc1c[nH]c2ccccc12)C(=O)O)C1c2ccccc2CCc2ccccc21. The molecule has 0 fully saturated rings. The number of para-hydroxylation sites is 1. The van der Waals surface area contributed by atoms with Crippen LogP contribution in [0.1, 0.15) is 63.8 Å². The van der Waals surface area contributed by atoms with Crippen LogP contribution in [0.3, 0.4) is 0 Å². The third-order valence-electron chi connectivity index (χ3n) is 14.1. The minimum Gasteiger partial charge on any atom is -0.508 e. The van der Waals surface area contributed by atoms with Gasteiger partial charge in [-0.25, -0.2) is 4.79 Å². The average molecular weight is 1080 g/mol. The van der Waals surface area contributed by atoms with E-state index in [0.717, 1.165) is 33.2 Å². The minimum atomic E-state index is -1.76. The number of fused-ring (bicyclic) bond motifs is 3. The van der Waals surface area contributed by atoms with E-state index in [-0.39, 0.29) is 37.2 Å². The van der Waals surface area contributed by atoms with Gasteiger partial charge in [-0.3, -0.25) is 33.6 Å². The monoisotopic (exact) mass is 1080 g/mol. The lowest BCUT2D eigenvalue weighted by Crippen LogP contribution is -2.61. The highest BCUT2D eigenvalue weighted by atomic mass is 16.4.